The van der Waals surface area contributed by atoms with Gasteiger partial charge in [0.15, 0.2) is 5.75 Å². The third-order valence-corrected chi connectivity index (χ3v) is 5.53. The number of fused-ring (bicyclic) bond motifs is 1. The maximum Gasteiger partial charge on any atom is 0.154 e. The van der Waals surface area contributed by atoms with Crippen molar-refractivity contribution < 1.29 is 14.6 Å². The quantitative estimate of drug-likeness (QED) is 0.672. The SMILES string of the molecule is CNC(O)c1cc2c(Oc3ccc(N4CCOCC4)cc3)cncc2s1. The van der Waals surface area contributed by atoms with E-state index >= 15 is 0 Å². The molecule has 1 fully saturated rings. The normalized spacial score (nSPS) is 16.0. The van der Waals surface area contributed by atoms with Crippen molar-refractivity contribution in [2.45, 2.75) is 6.23 Å². The second-order valence-electron chi connectivity index (χ2n) is 6.08. The highest BCUT2D eigenvalue weighted by atomic mass is 32.1. The van der Waals surface area contributed by atoms with E-state index in [1.165, 1.54) is 17.0 Å². The Labute approximate surface area is 156 Å². The van der Waals surface area contributed by atoms with Gasteiger partial charge in [-0.15, -0.1) is 11.3 Å². The molecule has 1 aliphatic rings. The third-order valence-electron chi connectivity index (χ3n) is 4.41. The molecule has 136 valence electrons. The topological polar surface area (TPSA) is 66.8 Å². The molecular formula is C19H21N3O3S. The minimum Gasteiger partial charge on any atom is -0.455 e. The molecule has 26 heavy (non-hydrogen) atoms. The van der Waals surface area contributed by atoms with Gasteiger partial charge in [0.05, 0.1) is 24.1 Å². The van der Waals surface area contributed by atoms with Gasteiger partial charge in [-0.05, 0) is 37.4 Å². The van der Waals surface area contributed by atoms with Gasteiger partial charge in [-0.2, -0.15) is 0 Å². The molecule has 3 heterocycles. The number of ether oxygens (including phenoxy) is 2. The fourth-order valence-electron chi connectivity index (χ4n) is 2.99. The Morgan fingerprint density at radius 3 is 2.73 bits per heavy atom. The van der Waals surface area contributed by atoms with Crippen LogP contribution in [0.1, 0.15) is 11.1 Å². The Kier molecular flexibility index (Phi) is 5.03. The first kappa shape index (κ1) is 17.2. The molecule has 0 bridgehead atoms. The van der Waals surface area contributed by atoms with E-state index in [-0.39, 0.29) is 0 Å². The van der Waals surface area contributed by atoms with E-state index in [9.17, 15) is 5.11 Å². The molecule has 1 unspecified atom stereocenters. The molecule has 1 aromatic carbocycles. The summed E-state index contributed by atoms with van der Waals surface area (Å²) in [6, 6.07) is 10.0. The standard InChI is InChI=1S/C19H21N3O3S/c1-20-19(23)17-10-15-16(11-21-12-18(15)26-17)25-14-4-2-13(3-5-14)22-6-8-24-9-7-22/h2-5,10-12,19-20,23H,6-9H2,1H3. The van der Waals surface area contributed by atoms with Crippen LogP contribution in [-0.2, 0) is 4.74 Å². The largest absolute Gasteiger partial charge is 0.455 e. The van der Waals surface area contributed by atoms with Gasteiger partial charge in [-0.25, -0.2) is 0 Å². The lowest BCUT2D eigenvalue weighted by molar-refractivity contribution is 0.122. The molecule has 7 heteroatoms. The number of aromatic nitrogens is 1. The lowest BCUT2D eigenvalue weighted by atomic mass is 10.2. The number of hydrogen-bond donors (Lipinski definition) is 2. The summed E-state index contributed by atoms with van der Waals surface area (Å²) >= 11 is 1.50. The van der Waals surface area contributed by atoms with Crippen molar-refractivity contribution in [3.63, 3.8) is 0 Å². The zero-order chi connectivity index (χ0) is 17.9. The summed E-state index contributed by atoms with van der Waals surface area (Å²) in [5, 5.41) is 13.8. The summed E-state index contributed by atoms with van der Waals surface area (Å²) in [5.74, 6) is 1.45. The molecule has 4 rings (SSSR count). The van der Waals surface area contributed by atoms with E-state index in [4.69, 9.17) is 9.47 Å². The molecule has 6 nitrogen and oxygen atoms in total. The van der Waals surface area contributed by atoms with Crippen LogP contribution in [0.2, 0.25) is 0 Å². The van der Waals surface area contributed by atoms with Gasteiger partial charge in [0.1, 0.15) is 12.0 Å². The Balaban J connectivity index is 1.55. The van der Waals surface area contributed by atoms with Crippen LogP contribution in [0.3, 0.4) is 0 Å². The number of morpholine rings is 1. The van der Waals surface area contributed by atoms with E-state index in [0.717, 1.165) is 47.0 Å². The second-order valence-corrected chi connectivity index (χ2v) is 7.20. The molecule has 2 N–H and O–H groups in total. The smallest absolute Gasteiger partial charge is 0.154 e. The number of rotatable bonds is 5. The summed E-state index contributed by atoms with van der Waals surface area (Å²) < 4.78 is 12.4. The van der Waals surface area contributed by atoms with Crippen LogP contribution < -0.4 is 15.0 Å². The molecule has 1 aliphatic heterocycles. The Bertz CT molecular complexity index is 875. The molecule has 1 atom stereocenters. The number of aliphatic hydroxyl groups is 1. The summed E-state index contributed by atoms with van der Waals surface area (Å²) in [5.41, 5.74) is 1.17. The summed E-state index contributed by atoms with van der Waals surface area (Å²) in [7, 11) is 1.72. The van der Waals surface area contributed by atoms with Gasteiger partial charge >= 0.3 is 0 Å². The summed E-state index contributed by atoms with van der Waals surface area (Å²) in [6.45, 7) is 3.36. The van der Waals surface area contributed by atoms with Crippen molar-refractivity contribution in [2.75, 3.05) is 38.3 Å². The number of thiophene rings is 1. The lowest BCUT2D eigenvalue weighted by Crippen LogP contribution is -2.36. The van der Waals surface area contributed by atoms with Crippen LogP contribution in [0.4, 0.5) is 5.69 Å². The average Bonchev–Trinajstić information content (AvgIpc) is 3.14. The van der Waals surface area contributed by atoms with Gasteiger partial charge in [-0.3, -0.25) is 10.3 Å². The first-order chi connectivity index (χ1) is 12.7. The van der Waals surface area contributed by atoms with Gasteiger partial charge in [0.25, 0.3) is 0 Å². The minimum absolute atomic E-state index is 0.687. The summed E-state index contributed by atoms with van der Waals surface area (Å²) in [6.07, 6.45) is 2.81. The van der Waals surface area contributed by atoms with E-state index in [0.29, 0.717) is 5.75 Å². The first-order valence-corrected chi connectivity index (χ1v) is 9.39. The van der Waals surface area contributed by atoms with E-state index in [1.54, 1.807) is 19.4 Å². The molecule has 0 spiro atoms. The molecular weight excluding hydrogens is 350 g/mol. The number of hydrogen-bond acceptors (Lipinski definition) is 7. The predicted molar refractivity (Wildman–Crippen MR) is 103 cm³/mol. The number of nitrogens with one attached hydrogen (secondary N) is 1. The zero-order valence-corrected chi connectivity index (χ0v) is 15.3. The number of nitrogens with zero attached hydrogens (tertiary/aromatic N) is 2. The lowest BCUT2D eigenvalue weighted by Gasteiger charge is -2.28. The zero-order valence-electron chi connectivity index (χ0n) is 14.5. The van der Waals surface area contributed by atoms with Crippen LogP contribution >= 0.6 is 11.3 Å². The van der Waals surface area contributed by atoms with Crippen LogP contribution in [0, 0.1) is 0 Å². The van der Waals surface area contributed by atoms with Crippen molar-refractivity contribution in [1.82, 2.24) is 10.3 Å². The van der Waals surface area contributed by atoms with Crippen molar-refractivity contribution in [3.8, 4) is 11.5 Å². The highest BCUT2D eigenvalue weighted by Gasteiger charge is 2.14. The van der Waals surface area contributed by atoms with Gasteiger partial charge in [-0.1, -0.05) is 0 Å². The highest BCUT2D eigenvalue weighted by Crippen LogP contribution is 2.36. The molecule has 0 amide bonds. The van der Waals surface area contributed by atoms with E-state index in [2.05, 4.69) is 27.3 Å². The maximum atomic E-state index is 9.99. The van der Waals surface area contributed by atoms with Gasteiger partial charge < -0.3 is 19.5 Å². The molecule has 1 saturated heterocycles. The molecule has 3 aromatic rings. The molecule has 2 aromatic heterocycles. The number of benzene rings is 1. The van der Waals surface area contributed by atoms with Gasteiger partial charge in [0.2, 0.25) is 0 Å². The highest BCUT2D eigenvalue weighted by molar-refractivity contribution is 7.19. The van der Waals surface area contributed by atoms with Gasteiger partial charge in [0, 0.05) is 35.2 Å². The molecule has 0 aliphatic carbocycles. The van der Waals surface area contributed by atoms with Crippen molar-refractivity contribution >= 4 is 27.1 Å². The number of pyridine rings is 1. The van der Waals surface area contributed by atoms with Crippen LogP contribution in [0.15, 0.2) is 42.7 Å². The van der Waals surface area contributed by atoms with Crippen LogP contribution in [-0.4, -0.2) is 43.4 Å². The number of anilines is 1. The molecule has 0 saturated carbocycles. The minimum atomic E-state index is -0.687. The maximum absolute atomic E-state index is 9.99. The van der Waals surface area contributed by atoms with Crippen LogP contribution in [0.5, 0.6) is 11.5 Å². The Hall–Kier alpha value is -2.19. The molecule has 0 radical (unpaired) electrons. The van der Waals surface area contributed by atoms with E-state index in [1.807, 2.05) is 18.2 Å². The summed E-state index contributed by atoms with van der Waals surface area (Å²) in [4.78, 5) is 7.40. The fraction of sp³-hybridized carbons (Fsp3) is 0.316. The van der Waals surface area contributed by atoms with Crippen LogP contribution in [0.25, 0.3) is 10.1 Å². The van der Waals surface area contributed by atoms with Crippen molar-refractivity contribution in [3.05, 3.63) is 47.6 Å². The monoisotopic (exact) mass is 371 g/mol. The Morgan fingerprint density at radius 1 is 1.23 bits per heavy atom. The van der Waals surface area contributed by atoms with Crippen molar-refractivity contribution in [1.29, 1.82) is 0 Å². The third kappa shape index (κ3) is 3.52. The van der Waals surface area contributed by atoms with Crippen molar-refractivity contribution in [2.24, 2.45) is 0 Å². The Morgan fingerprint density at radius 2 is 2.00 bits per heavy atom. The predicted octanol–water partition coefficient (Wildman–Crippen LogP) is 3.14. The second kappa shape index (κ2) is 7.59. The number of aliphatic hydroxyl groups excluding tert-OH is 1. The first-order valence-electron chi connectivity index (χ1n) is 8.58. The van der Waals surface area contributed by atoms with E-state index < -0.39 is 6.23 Å². The fourth-order valence-corrected chi connectivity index (χ4v) is 4.03. The average molecular weight is 371 g/mol.